The number of ether oxygens (including phenoxy) is 1. The number of amides is 1. The third-order valence-corrected chi connectivity index (χ3v) is 4.56. The van der Waals surface area contributed by atoms with Crippen molar-refractivity contribution in [2.75, 3.05) is 51.4 Å². The van der Waals surface area contributed by atoms with Gasteiger partial charge in [0.1, 0.15) is 12.3 Å². The lowest BCUT2D eigenvalue weighted by molar-refractivity contribution is -0.119. The maximum atomic E-state index is 12.1. The minimum atomic E-state index is -3.68. The summed E-state index contributed by atoms with van der Waals surface area (Å²) in [5.74, 6) is -0.0635. The van der Waals surface area contributed by atoms with E-state index in [1.807, 2.05) is 19.0 Å². The molecule has 1 rings (SSSR count). The van der Waals surface area contributed by atoms with Crippen molar-refractivity contribution in [3.63, 3.8) is 0 Å². The number of nitrogens with zero attached hydrogens (tertiary/aromatic N) is 2. The zero-order valence-corrected chi connectivity index (χ0v) is 15.9. The molecule has 0 saturated heterocycles. The monoisotopic (exact) mass is 377 g/mol. The van der Waals surface area contributed by atoms with Gasteiger partial charge in [0.25, 0.3) is 0 Å². The lowest BCUT2D eigenvalue weighted by atomic mass is 10.3. The van der Waals surface area contributed by atoms with Crippen molar-refractivity contribution in [1.82, 2.24) is 10.2 Å². The van der Waals surface area contributed by atoms with Crippen molar-refractivity contribution in [3.8, 4) is 5.75 Å². The number of sulfonamides is 1. The number of carbonyl (C=O) groups excluding carboxylic acids is 1. The van der Waals surface area contributed by atoms with E-state index in [-0.39, 0.29) is 18.1 Å². The molecule has 1 aromatic rings. The van der Waals surface area contributed by atoms with Crippen LogP contribution in [0.5, 0.6) is 5.75 Å². The fourth-order valence-electron chi connectivity index (χ4n) is 2.05. The van der Waals surface area contributed by atoms with E-state index >= 15 is 0 Å². The van der Waals surface area contributed by atoms with Gasteiger partial charge in [0.05, 0.1) is 19.1 Å². The van der Waals surface area contributed by atoms with Crippen LogP contribution in [0.2, 0.25) is 5.02 Å². The summed E-state index contributed by atoms with van der Waals surface area (Å²) in [5.41, 5.74) is 0.232. The van der Waals surface area contributed by atoms with Crippen LogP contribution in [0.15, 0.2) is 18.2 Å². The molecular weight excluding hydrogens is 354 g/mol. The Morgan fingerprint density at radius 3 is 2.54 bits per heavy atom. The van der Waals surface area contributed by atoms with Gasteiger partial charge in [-0.25, -0.2) is 8.42 Å². The number of methoxy groups -OCH3 is 1. The molecule has 0 radical (unpaired) electrons. The second-order valence-corrected chi connectivity index (χ2v) is 7.94. The summed E-state index contributed by atoms with van der Waals surface area (Å²) in [6.45, 7) is 0.969. The lowest BCUT2D eigenvalue weighted by Gasteiger charge is -2.24. The summed E-state index contributed by atoms with van der Waals surface area (Å²) in [5, 5.41) is 3.07. The van der Waals surface area contributed by atoms with Crippen molar-refractivity contribution in [1.29, 1.82) is 0 Å². The average Bonchev–Trinajstić information content (AvgIpc) is 2.48. The van der Waals surface area contributed by atoms with Gasteiger partial charge in [-0.05, 0) is 45.3 Å². The zero-order chi connectivity index (χ0) is 18.3. The standard InChI is InChI=1S/C15H24ClN3O4S/c1-18(2)9-5-8-17-15(20)11-19(24(4,21)22)13-10-12(16)6-7-14(13)23-3/h6-7,10H,5,8-9,11H2,1-4H3,(H,17,20). The highest BCUT2D eigenvalue weighted by molar-refractivity contribution is 7.92. The van der Waals surface area contributed by atoms with Gasteiger partial charge in [-0.3, -0.25) is 9.10 Å². The summed E-state index contributed by atoms with van der Waals surface area (Å²) < 4.78 is 30.4. The molecule has 136 valence electrons. The molecule has 0 heterocycles. The molecule has 0 bridgehead atoms. The van der Waals surface area contributed by atoms with E-state index in [0.29, 0.717) is 17.3 Å². The zero-order valence-electron chi connectivity index (χ0n) is 14.4. The first-order chi connectivity index (χ1) is 11.1. The van der Waals surface area contributed by atoms with Gasteiger partial charge in [0, 0.05) is 11.6 Å². The molecule has 0 aromatic heterocycles. The molecular formula is C15H24ClN3O4S. The minimum absolute atomic E-state index is 0.232. The Labute approximate surface area is 148 Å². The first-order valence-corrected chi connectivity index (χ1v) is 9.60. The Bertz CT molecular complexity index is 665. The lowest BCUT2D eigenvalue weighted by Crippen LogP contribution is -2.41. The summed E-state index contributed by atoms with van der Waals surface area (Å²) in [6, 6.07) is 4.61. The molecule has 1 N–H and O–H groups in total. The molecule has 0 saturated carbocycles. The van der Waals surface area contributed by atoms with E-state index in [4.69, 9.17) is 16.3 Å². The number of hydrogen-bond acceptors (Lipinski definition) is 5. The third kappa shape index (κ3) is 6.54. The van der Waals surface area contributed by atoms with Crippen LogP contribution in [-0.4, -0.2) is 66.3 Å². The van der Waals surface area contributed by atoms with Crippen LogP contribution in [0.3, 0.4) is 0 Å². The van der Waals surface area contributed by atoms with Crippen LogP contribution >= 0.6 is 11.6 Å². The van der Waals surface area contributed by atoms with Gasteiger partial charge in [0.15, 0.2) is 0 Å². The molecule has 24 heavy (non-hydrogen) atoms. The molecule has 7 nitrogen and oxygen atoms in total. The number of hydrogen-bond donors (Lipinski definition) is 1. The molecule has 0 unspecified atom stereocenters. The van der Waals surface area contributed by atoms with Crippen molar-refractivity contribution < 1.29 is 17.9 Å². The van der Waals surface area contributed by atoms with Crippen LogP contribution in [0.4, 0.5) is 5.69 Å². The van der Waals surface area contributed by atoms with Crippen molar-refractivity contribution >= 4 is 33.2 Å². The smallest absolute Gasteiger partial charge is 0.240 e. The Hall–Kier alpha value is -1.51. The maximum absolute atomic E-state index is 12.1. The number of nitrogens with one attached hydrogen (secondary N) is 1. The molecule has 1 aromatic carbocycles. The molecule has 0 atom stereocenters. The first kappa shape index (κ1) is 20.5. The van der Waals surface area contributed by atoms with Gasteiger partial charge in [0.2, 0.25) is 15.9 Å². The van der Waals surface area contributed by atoms with E-state index in [1.165, 1.54) is 13.2 Å². The van der Waals surface area contributed by atoms with Crippen LogP contribution in [0.25, 0.3) is 0 Å². The van der Waals surface area contributed by atoms with Gasteiger partial charge in [-0.15, -0.1) is 0 Å². The Morgan fingerprint density at radius 1 is 1.33 bits per heavy atom. The predicted molar refractivity (Wildman–Crippen MR) is 96.4 cm³/mol. The third-order valence-electron chi connectivity index (χ3n) is 3.20. The number of anilines is 1. The number of benzene rings is 1. The van der Waals surface area contributed by atoms with Crippen LogP contribution in [0, 0.1) is 0 Å². The SMILES string of the molecule is COc1ccc(Cl)cc1N(CC(=O)NCCCN(C)C)S(C)(=O)=O. The number of carbonyl (C=O) groups is 1. The molecule has 1 amide bonds. The van der Waals surface area contributed by atoms with E-state index in [1.54, 1.807) is 12.1 Å². The van der Waals surface area contributed by atoms with Gasteiger partial charge < -0.3 is 15.0 Å². The molecule has 0 aliphatic heterocycles. The Balaban J connectivity index is 2.89. The topological polar surface area (TPSA) is 79.0 Å². The van der Waals surface area contributed by atoms with E-state index in [2.05, 4.69) is 5.32 Å². The Morgan fingerprint density at radius 2 is 2.00 bits per heavy atom. The summed E-state index contributed by atoms with van der Waals surface area (Å²) in [4.78, 5) is 14.1. The number of rotatable bonds is 9. The summed E-state index contributed by atoms with van der Waals surface area (Å²) >= 11 is 5.95. The fraction of sp³-hybridized carbons (Fsp3) is 0.533. The molecule has 0 fully saturated rings. The van der Waals surface area contributed by atoms with Crippen LogP contribution in [0.1, 0.15) is 6.42 Å². The highest BCUT2D eigenvalue weighted by atomic mass is 35.5. The van der Waals surface area contributed by atoms with E-state index in [0.717, 1.165) is 23.5 Å². The average molecular weight is 378 g/mol. The first-order valence-electron chi connectivity index (χ1n) is 7.38. The second-order valence-electron chi connectivity index (χ2n) is 5.59. The molecule has 0 spiro atoms. The quantitative estimate of drug-likeness (QED) is 0.654. The maximum Gasteiger partial charge on any atom is 0.240 e. The van der Waals surface area contributed by atoms with Crippen molar-refractivity contribution in [2.45, 2.75) is 6.42 Å². The minimum Gasteiger partial charge on any atom is -0.495 e. The highest BCUT2D eigenvalue weighted by Gasteiger charge is 2.24. The summed E-state index contributed by atoms with van der Waals surface area (Å²) in [6.07, 6.45) is 1.81. The second kappa shape index (κ2) is 9.10. The van der Waals surface area contributed by atoms with Gasteiger partial charge >= 0.3 is 0 Å². The van der Waals surface area contributed by atoms with Crippen molar-refractivity contribution in [2.24, 2.45) is 0 Å². The normalized spacial score (nSPS) is 11.4. The highest BCUT2D eigenvalue weighted by Crippen LogP contribution is 2.32. The fourth-order valence-corrected chi connectivity index (χ4v) is 3.07. The van der Waals surface area contributed by atoms with Crippen LogP contribution in [-0.2, 0) is 14.8 Å². The summed E-state index contributed by atoms with van der Waals surface area (Å²) in [7, 11) is 1.63. The Kier molecular flexibility index (Phi) is 7.78. The van der Waals surface area contributed by atoms with Crippen LogP contribution < -0.4 is 14.4 Å². The molecule has 9 heteroatoms. The largest absolute Gasteiger partial charge is 0.495 e. The number of halogens is 1. The molecule has 0 aliphatic rings. The van der Waals surface area contributed by atoms with Gasteiger partial charge in [-0.2, -0.15) is 0 Å². The van der Waals surface area contributed by atoms with Crippen molar-refractivity contribution in [3.05, 3.63) is 23.2 Å². The van der Waals surface area contributed by atoms with E-state index in [9.17, 15) is 13.2 Å². The van der Waals surface area contributed by atoms with Gasteiger partial charge in [-0.1, -0.05) is 11.6 Å². The van der Waals surface area contributed by atoms with E-state index < -0.39 is 10.0 Å². The molecule has 0 aliphatic carbocycles. The predicted octanol–water partition coefficient (Wildman–Crippen LogP) is 1.18.